The Morgan fingerprint density at radius 3 is 2.64 bits per heavy atom. The summed E-state index contributed by atoms with van der Waals surface area (Å²) >= 11 is 0. The fourth-order valence-electron chi connectivity index (χ4n) is 1.75. The maximum absolute atomic E-state index is 5.62. The predicted octanol–water partition coefficient (Wildman–Crippen LogP) is 2.09. The number of rotatable bonds is 4. The van der Waals surface area contributed by atoms with Gasteiger partial charge in [-0.2, -0.15) is 5.10 Å². The Kier molecular flexibility index (Phi) is 3.32. The van der Waals surface area contributed by atoms with E-state index in [1.165, 1.54) is 5.69 Å². The quantitative estimate of drug-likeness (QED) is 0.799. The molecule has 0 spiro atoms. The van der Waals surface area contributed by atoms with Gasteiger partial charge in [-0.1, -0.05) is 13.8 Å². The lowest BCUT2D eigenvalue weighted by Gasteiger charge is -2.26. The van der Waals surface area contributed by atoms with Gasteiger partial charge in [0.05, 0.1) is 0 Å². The lowest BCUT2D eigenvalue weighted by atomic mass is 9.85. The fraction of sp³-hybridized carbons (Fsp3) is 0.727. The standard InChI is InChI=1S/C11H21N3/c1-9(2)14-10(5-8-13-14)11(3,4)6-7-12/h5,8-9H,6-7,12H2,1-4H3. The molecule has 1 rings (SSSR count). The Morgan fingerprint density at radius 1 is 1.50 bits per heavy atom. The zero-order valence-corrected chi connectivity index (χ0v) is 9.62. The highest BCUT2D eigenvalue weighted by molar-refractivity contribution is 5.14. The number of nitrogens with zero attached hydrogens (tertiary/aromatic N) is 2. The second kappa shape index (κ2) is 4.13. The first-order valence-corrected chi connectivity index (χ1v) is 5.23. The molecule has 0 amide bonds. The minimum atomic E-state index is 0.121. The van der Waals surface area contributed by atoms with Gasteiger partial charge < -0.3 is 5.73 Å². The Balaban J connectivity index is 2.99. The average Bonchev–Trinajstić information content (AvgIpc) is 2.51. The molecule has 0 saturated carbocycles. The molecule has 0 bridgehead atoms. The van der Waals surface area contributed by atoms with Crippen molar-refractivity contribution in [1.82, 2.24) is 9.78 Å². The summed E-state index contributed by atoms with van der Waals surface area (Å²) in [5, 5.41) is 4.34. The first kappa shape index (κ1) is 11.2. The van der Waals surface area contributed by atoms with E-state index in [1.807, 2.05) is 6.20 Å². The van der Waals surface area contributed by atoms with Crippen LogP contribution in [0.1, 0.15) is 45.9 Å². The van der Waals surface area contributed by atoms with E-state index in [0.717, 1.165) is 13.0 Å². The molecule has 80 valence electrons. The van der Waals surface area contributed by atoms with Crippen LogP contribution in [0.15, 0.2) is 12.3 Å². The molecule has 3 nitrogen and oxygen atoms in total. The van der Waals surface area contributed by atoms with E-state index in [-0.39, 0.29) is 5.41 Å². The molecule has 0 fully saturated rings. The van der Waals surface area contributed by atoms with Gasteiger partial charge in [0.15, 0.2) is 0 Å². The summed E-state index contributed by atoms with van der Waals surface area (Å²) in [5.41, 5.74) is 7.01. The van der Waals surface area contributed by atoms with Crippen LogP contribution >= 0.6 is 0 Å². The van der Waals surface area contributed by atoms with Crippen LogP contribution in [0, 0.1) is 0 Å². The van der Waals surface area contributed by atoms with Crippen molar-refractivity contribution < 1.29 is 0 Å². The van der Waals surface area contributed by atoms with Gasteiger partial charge in [0.1, 0.15) is 0 Å². The predicted molar refractivity (Wildman–Crippen MR) is 59.3 cm³/mol. The Hall–Kier alpha value is -0.830. The summed E-state index contributed by atoms with van der Waals surface area (Å²) in [4.78, 5) is 0. The third kappa shape index (κ3) is 2.15. The van der Waals surface area contributed by atoms with Crippen LogP contribution in [0.5, 0.6) is 0 Å². The van der Waals surface area contributed by atoms with Crippen LogP contribution < -0.4 is 5.73 Å². The van der Waals surface area contributed by atoms with E-state index >= 15 is 0 Å². The number of aromatic nitrogens is 2. The molecule has 0 aromatic carbocycles. The lowest BCUT2D eigenvalue weighted by molar-refractivity contribution is 0.406. The highest BCUT2D eigenvalue weighted by atomic mass is 15.3. The Labute approximate surface area is 86.3 Å². The molecule has 0 aliphatic carbocycles. The van der Waals surface area contributed by atoms with E-state index in [2.05, 4.69) is 43.5 Å². The Morgan fingerprint density at radius 2 is 2.14 bits per heavy atom. The molecular weight excluding hydrogens is 174 g/mol. The molecule has 14 heavy (non-hydrogen) atoms. The summed E-state index contributed by atoms with van der Waals surface area (Å²) < 4.78 is 2.08. The summed E-state index contributed by atoms with van der Waals surface area (Å²) in [7, 11) is 0. The largest absolute Gasteiger partial charge is 0.330 e. The molecule has 1 aromatic rings. The van der Waals surface area contributed by atoms with Gasteiger partial charge in [-0.25, -0.2) is 0 Å². The molecule has 2 N–H and O–H groups in total. The fourth-order valence-corrected chi connectivity index (χ4v) is 1.75. The third-order valence-electron chi connectivity index (χ3n) is 2.62. The number of hydrogen-bond donors (Lipinski definition) is 1. The van der Waals surface area contributed by atoms with Crippen LogP contribution in [0.25, 0.3) is 0 Å². The minimum Gasteiger partial charge on any atom is -0.330 e. The molecule has 1 heterocycles. The second-order valence-electron chi connectivity index (χ2n) is 4.68. The summed E-state index contributed by atoms with van der Waals surface area (Å²) in [6, 6.07) is 2.51. The van der Waals surface area contributed by atoms with Gasteiger partial charge in [0, 0.05) is 23.3 Å². The number of nitrogens with two attached hydrogens (primary N) is 1. The van der Waals surface area contributed by atoms with E-state index in [4.69, 9.17) is 5.73 Å². The van der Waals surface area contributed by atoms with E-state index in [1.54, 1.807) is 0 Å². The van der Waals surface area contributed by atoms with Gasteiger partial charge in [-0.15, -0.1) is 0 Å². The second-order valence-corrected chi connectivity index (χ2v) is 4.68. The highest BCUT2D eigenvalue weighted by Gasteiger charge is 2.24. The number of hydrogen-bond acceptors (Lipinski definition) is 2. The van der Waals surface area contributed by atoms with Crippen LogP contribution in [-0.2, 0) is 5.41 Å². The third-order valence-corrected chi connectivity index (χ3v) is 2.62. The van der Waals surface area contributed by atoms with E-state index < -0.39 is 0 Å². The molecule has 0 aliphatic heterocycles. The van der Waals surface area contributed by atoms with Gasteiger partial charge >= 0.3 is 0 Å². The Bertz CT molecular complexity index is 286. The van der Waals surface area contributed by atoms with Crippen molar-refractivity contribution in [3.8, 4) is 0 Å². The maximum atomic E-state index is 5.62. The summed E-state index contributed by atoms with van der Waals surface area (Å²) in [6.07, 6.45) is 2.86. The van der Waals surface area contributed by atoms with Crippen molar-refractivity contribution in [1.29, 1.82) is 0 Å². The highest BCUT2D eigenvalue weighted by Crippen LogP contribution is 2.27. The van der Waals surface area contributed by atoms with Crippen LogP contribution in [0.4, 0.5) is 0 Å². The first-order valence-electron chi connectivity index (χ1n) is 5.23. The molecular formula is C11H21N3. The zero-order valence-electron chi connectivity index (χ0n) is 9.62. The van der Waals surface area contributed by atoms with Gasteiger partial charge in [-0.3, -0.25) is 4.68 Å². The van der Waals surface area contributed by atoms with Crippen LogP contribution in [0.2, 0.25) is 0 Å². The van der Waals surface area contributed by atoms with Crippen molar-refractivity contribution in [3.63, 3.8) is 0 Å². The van der Waals surface area contributed by atoms with Gasteiger partial charge in [0.2, 0.25) is 0 Å². The molecule has 1 aromatic heterocycles. The van der Waals surface area contributed by atoms with Crippen molar-refractivity contribution in [3.05, 3.63) is 18.0 Å². The average molecular weight is 195 g/mol. The summed E-state index contributed by atoms with van der Waals surface area (Å²) in [6.45, 7) is 9.45. The van der Waals surface area contributed by atoms with E-state index in [0.29, 0.717) is 6.04 Å². The van der Waals surface area contributed by atoms with Crippen LogP contribution in [0.3, 0.4) is 0 Å². The normalized spacial score (nSPS) is 12.4. The SMILES string of the molecule is CC(C)n1nccc1C(C)(C)CCN. The lowest BCUT2D eigenvalue weighted by Crippen LogP contribution is -2.26. The molecule has 0 unspecified atom stereocenters. The minimum absolute atomic E-state index is 0.121. The first-order chi connectivity index (χ1) is 6.49. The van der Waals surface area contributed by atoms with Gasteiger partial charge in [-0.05, 0) is 32.9 Å². The molecule has 3 heteroatoms. The smallest absolute Gasteiger partial charge is 0.0492 e. The van der Waals surface area contributed by atoms with Crippen LogP contribution in [-0.4, -0.2) is 16.3 Å². The topological polar surface area (TPSA) is 43.8 Å². The summed E-state index contributed by atoms with van der Waals surface area (Å²) in [5.74, 6) is 0. The van der Waals surface area contributed by atoms with Gasteiger partial charge in [0.25, 0.3) is 0 Å². The maximum Gasteiger partial charge on any atom is 0.0492 e. The molecule has 0 radical (unpaired) electrons. The van der Waals surface area contributed by atoms with Crippen molar-refractivity contribution in [2.75, 3.05) is 6.54 Å². The molecule has 0 atom stereocenters. The van der Waals surface area contributed by atoms with Crippen molar-refractivity contribution in [2.24, 2.45) is 5.73 Å². The molecule has 0 aliphatic rings. The monoisotopic (exact) mass is 195 g/mol. The molecule has 0 saturated heterocycles. The van der Waals surface area contributed by atoms with Crippen molar-refractivity contribution >= 4 is 0 Å². The van der Waals surface area contributed by atoms with Crippen molar-refractivity contribution in [2.45, 2.75) is 45.6 Å². The zero-order chi connectivity index (χ0) is 10.8. The van der Waals surface area contributed by atoms with E-state index in [9.17, 15) is 0 Å².